The van der Waals surface area contributed by atoms with E-state index < -0.39 is 29.5 Å². The average Bonchev–Trinajstić information content (AvgIpc) is 3.87. The topological polar surface area (TPSA) is 273 Å². The summed E-state index contributed by atoms with van der Waals surface area (Å²) in [5.74, 6) is -2.78. The molecule has 53 heavy (non-hydrogen) atoms. The Morgan fingerprint density at radius 1 is 0.887 bits per heavy atom. The molecule has 2 aromatic heterocycles. The number of carboxylic acids is 2. The van der Waals surface area contributed by atoms with Crippen LogP contribution in [0.15, 0.2) is 108 Å². The Labute approximate surface area is 306 Å². The zero-order valence-corrected chi connectivity index (χ0v) is 29.3. The van der Waals surface area contributed by atoms with Gasteiger partial charge in [-0.1, -0.05) is 0 Å². The van der Waals surface area contributed by atoms with E-state index in [4.69, 9.17) is 32.8 Å². The number of halogens is 2. The molecule has 0 unspecified atom stereocenters. The van der Waals surface area contributed by atoms with E-state index in [2.05, 4.69) is 20.6 Å². The number of carboxylic acid groups (broad SMARTS) is 2. The van der Waals surface area contributed by atoms with Crippen LogP contribution in [0.4, 0.5) is 20.2 Å². The van der Waals surface area contributed by atoms with Crippen molar-refractivity contribution in [3.8, 4) is 0 Å². The highest BCUT2D eigenvalue weighted by molar-refractivity contribution is 7.99. The van der Waals surface area contributed by atoms with Crippen molar-refractivity contribution < 1.29 is 38.2 Å². The van der Waals surface area contributed by atoms with Crippen LogP contribution in [-0.2, 0) is 20.8 Å². The monoisotopic (exact) mass is 752 g/mol. The molecule has 0 aliphatic rings. The number of nitrogens with zero attached hydrogens (tertiary/aromatic N) is 4. The van der Waals surface area contributed by atoms with E-state index in [-0.39, 0.29) is 34.0 Å². The van der Waals surface area contributed by atoms with E-state index in [1.54, 1.807) is 42.7 Å². The number of hydrogen-bond acceptors (Lipinski definition) is 12. The summed E-state index contributed by atoms with van der Waals surface area (Å²) in [5, 5.41) is 21.9. The summed E-state index contributed by atoms with van der Waals surface area (Å²) < 4.78 is 31.8. The Bertz CT molecular complexity index is 1990. The van der Waals surface area contributed by atoms with Crippen molar-refractivity contribution in [2.45, 2.75) is 18.2 Å². The predicted octanol–water partition coefficient (Wildman–Crippen LogP) is 3.25. The third-order valence-corrected chi connectivity index (χ3v) is 7.42. The molecule has 0 aliphatic carbocycles. The predicted molar refractivity (Wildman–Crippen MR) is 198 cm³/mol. The third-order valence-electron chi connectivity index (χ3n) is 6.39. The molecule has 16 nitrogen and oxygen atoms in total. The molecule has 0 fully saturated rings. The fourth-order valence-corrected chi connectivity index (χ4v) is 4.79. The van der Waals surface area contributed by atoms with Crippen LogP contribution in [0, 0.1) is 11.6 Å². The minimum Gasteiger partial charge on any atom is -0.481 e. The number of allylic oxidation sites excluding steroid dienone is 5. The molecule has 0 radical (unpaired) electrons. The van der Waals surface area contributed by atoms with Gasteiger partial charge in [0, 0.05) is 60.8 Å². The number of aromatic nitrogens is 4. The second-order valence-electron chi connectivity index (χ2n) is 10.3. The lowest BCUT2D eigenvalue weighted by molar-refractivity contribution is -0.134. The summed E-state index contributed by atoms with van der Waals surface area (Å²) in [5.41, 5.74) is 23.3. The summed E-state index contributed by atoms with van der Waals surface area (Å²) in [6, 6.07) is 6.43. The number of anilines is 2. The number of imidazole rings is 2. The molecule has 0 spiro atoms. The molecule has 19 heteroatoms. The maximum absolute atomic E-state index is 14.4. The minimum absolute atomic E-state index is 0.114. The van der Waals surface area contributed by atoms with E-state index >= 15 is 0 Å². The van der Waals surface area contributed by atoms with Gasteiger partial charge in [-0.25, -0.2) is 23.5 Å². The smallest absolute Gasteiger partial charge is 0.337 e. The van der Waals surface area contributed by atoms with Gasteiger partial charge in [0.15, 0.2) is 6.29 Å². The number of carbonyl (C=O) groups excluding carboxylic acids is 2. The van der Waals surface area contributed by atoms with Crippen molar-refractivity contribution in [2.75, 3.05) is 23.4 Å². The Kier molecular flexibility index (Phi) is 17.0. The Hall–Kier alpha value is -6.89. The zero-order valence-electron chi connectivity index (χ0n) is 28.4. The number of nitrogens with one attached hydrogen (secondary N) is 2. The quantitative estimate of drug-likeness (QED) is 0.0422. The number of carbonyl (C=O) groups is 4. The van der Waals surface area contributed by atoms with Crippen molar-refractivity contribution in [2.24, 2.45) is 22.9 Å². The SMILES string of the molecule is CC(=O)O.CNc1cc(CCSc2cc(NC(=O)/C(N)=C/C=C(\N)n3ccnc3)ccc2F)c(F)cc1C(=O)O.N/C(C=O)=C\C=C(/N)n1ccnc1. The number of hydrogen-bond donors (Lipinski definition) is 8. The molecule has 4 aromatic rings. The van der Waals surface area contributed by atoms with Gasteiger partial charge in [0.25, 0.3) is 11.9 Å². The van der Waals surface area contributed by atoms with E-state index in [9.17, 15) is 28.3 Å². The van der Waals surface area contributed by atoms with Gasteiger partial charge >= 0.3 is 5.97 Å². The summed E-state index contributed by atoms with van der Waals surface area (Å²) in [6.07, 6.45) is 16.1. The fourth-order valence-electron chi connectivity index (χ4n) is 3.83. The first-order valence-corrected chi connectivity index (χ1v) is 16.1. The van der Waals surface area contributed by atoms with Crippen LogP contribution in [0.2, 0.25) is 0 Å². The number of benzene rings is 2. The normalized spacial score (nSPS) is 11.7. The van der Waals surface area contributed by atoms with Gasteiger partial charge in [-0.05, 0) is 66.6 Å². The molecule has 0 saturated heterocycles. The van der Waals surface area contributed by atoms with Gasteiger partial charge in [-0.15, -0.1) is 11.8 Å². The van der Waals surface area contributed by atoms with Gasteiger partial charge in [-0.3, -0.25) is 23.5 Å². The third kappa shape index (κ3) is 14.5. The van der Waals surface area contributed by atoms with Crippen LogP contribution < -0.4 is 33.6 Å². The zero-order chi connectivity index (χ0) is 39.5. The molecule has 0 aliphatic heterocycles. The second-order valence-corrected chi connectivity index (χ2v) is 11.4. The van der Waals surface area contributed by atoms with Crippen LogP contribution in [0.3, 0.4) is 0 Å². The maximum atomic E-state index is 14.4. The van der Waals surface area contributed by atoms with Crippen molar-refractivity contribution in [3.63, 3.8) is 0 Å². The Balaban J connectivity index is 0.000000472. The minimum atomic E-state index is -1.24. The number of thioether (sulfide) groups is 1. The molecular formula is C34H38F2N10O6S. The number of amides is 1. The van der Waals surface area contributed by atoms with Crippen molar-refractivity contribution >= 4 is 58.9 Å². The number of aldehydes is 1. The van der Waals surface area contributed by atoms with Gasteiger partial charge in [-0.2, -0.15) is 0 Å². The van der Waals surface area contributed by atoms with Gasteiger partial charge in [0.05, 0.1) is 17.0 Å². The highest BCUT2D eigenvalue weighted by atomic mass is 32.2. The van der Waals surface area contributed by atoms with Gasteiger partial charge in [0.1, 0.15) is 35.9 Å². The molecule has 0 atom stereocenters. The van der Waals surface area contributed by atoms with Gasteiger partial charge < -0.3 is 43.8 Å². The first kappa shape index (κ1) is 42.3. The van der Waals surface area contributed by atoms with Crippen LogP contribution in [0.1, 0.15) is 22.8 Å². The molecule has 12 N–H and O–H groups in total. The number of aliphatic carboxylic acids is 1. The highest BCUT2D eigenvalue weighted by Gasteiger charge is 2.15. The Morgan fingerprint density at radius 2 is 1.47 bits per heavy atom. The lowest BCUT2D eigenvalue weighted by atomic mass is 10.1. The summed E-state index contributed by atoms with van der Waals surface area (Å²) in [4.78, 5) is 50.7. The number of rotatable bonds is 13. The number of aryl methyl sites for hydroxylation is 1. The molecular weight excluding hydrogens is 715 g/mol. The van der Waals surface area contributed by atoms with E-state index in [0.717, 1.165) is 24.8 Å². The molecule has 0 bridgehead atoms. The lowest BCUT2D eigenvalue weighted by Gasteiger charge is -2.11. The molecule has 2 heterocycles. The summed E-state index contributed by atoms with van der Waals surface area (Å²) in [7, 11) is 1.54. The van der Waals surface area contributed by atoms with E-state index in [1.165, 1.54) is 59.5 Å². The Morgan fingerprint density at radius 3 is 1.98 bits per heavy atom. The van der Waals surface area contributed by atoms with Crippen LogP contribution >= 0.6 is 11.8 Å². The van der Waals surface area contributed by atoms with Crippen molar-refractivity contribution in [1.82, 2.24) is 19.1 Å². The maximum Gasteiger partial charge on any atom is 0.337 e. The second kappa shape index (κ2) is 21.4. The van der Waals surface area contributed by atoms with E-state index in [0.29, 0.717) is 34.9 Å². The summed E-state index contributed by atoms with van der Waals surface area (Å²) in [6.45, 7) is 1.08. The van der Waals surface area contributed by atoms with Crippen LogP contribution in [0.25, 0.3) is 11.6 Å². The van der Waals surface area contributed by atoms with Crippen molar-refractivity contribution in [3.05, 3.63) is 126 Å². The number of aromatic carboxylic acids is 1. The van der Waals surface area contributed by atoms with E-state index in [1.807, 2.05) is 0 Å². The van der Waals surface area contributed by atoms with Crippen LogP contribution in [0.5, 0.6) is 0 Å². The largest absolute Gasteiger partial charge is 0.481 e. The molecule has 1 amide bonds. The molecule has 2 aromatic carbocycles. The fraction of sp³-hybridized carbons (Fsp3) is 0.118. The van der Waals surface area contributed by atoms with Crippen LogP contribution in [-0.4, -0.2) is 66.2 Å². The molecule has 4 rings (SSSR count). The van der Waals surface area contributed by atoms with Gasteiger partial charge in [0.2, 0.25) is 0 Å². The van der Waals surface area contributed by atoms with Crippen molar-refractivity contribution in [1.29, 1.82) is 0 Å². The molecule has 0 saturated carbocycles. The standard InChI is InChI=1S/C24H24F2N6O3S.C8H10N4O.C2H4O2/c1-29-20-10-14(18(26)12-16(20)24(34)35)6-9-36-21-11-15(2-3-17(21)25)31-23(33)19(27)4-5-22(28)32-8-7-30-13-32;9-7(5-13)1-2-8(10)12-4-3-11-6-12;1-2(3)4/h2-5,7-8,10-13,29H,6,9,27-28H2,1H3,(H,31,33)(H,34,35);1-6H,9-10H2;1H3,(H,3,4)/b19-4-,22-5+;7-1-,8-2+;. The average molecular weight is 753 g/mol. The summed E-state index contributed by atoms with van der Waals surface area (Å²) >= 11 is 1.13. The number of nitrogens with two attached hydrogens (primary N) is 4. The highest BCUT2D eigenvalue weighted by Crippen LogP contribution is 2.28. The lowest BCUT2D eigenvalue weighted by Crippen LogP contribution is -2.20. The first-order chi connectivity index (χ1) is 25.2. The molecule has 280 valence electrons. The first-order valence-electron chi connectivity index (χ1n) is 15.1.